The SMILES string of the molecule is CC(Cc1ccc(CCCCCC2=C(F)CCC=C2)cc1)CN1CCCC1. The van der Waals surface area contributed by atoms with E-state index in [9.17, 15) is 4.39 Å². The summed E-state index contributed by atoms with van der Waals surface area (Å²) >= 11 is 0. The van der Waals surface area contributed by atoms with Crippen molar-refractivity contribution in [2.24, 2.45) is 5.92 Å². The van der Waals surface area contributed by atoms with Gasteiger partial charge in [0.1, 0.15) is 5.83 Å². The Kier molecular flexibility index (Phi) is 8.13. The number of hydrogen-bond acceptors (Lipinski definition) is 1. The van der Waals surface area contributed by atoms with Crippen LogP contribution in [0.2, 0.25) is 0 Å². The van der Waals surface area contributed by atoms with Gasteiger partial charge in [-0.2, -0.15) is 0 Å². The van der Waals surface area contributed by atoms with Crippen molar-refractivity contribution in [2.75, 3.05) is 19.6 Å². The van der Waals surface area contributed by atoms with Crippen molar-refractivity contribution in [1.82, 2.24) is 4.90 Å². The molecule has 2 heteroatoms. The number of allylic oxidation sites excluding steroid dienone is 4. The molecule has 1 saturated heterocycles. The number of benzene rings is 1. The van der Waals surface area contributed by atoms with Crippen LogP contribution >= 0.6 is 0 Å². The lowest BCUT2D eigenvalue weighted by atomic mass is 9.97. The van der Waals surface area contributed by atoms with Gasteiger partial charge in [0.25, 0.3) is 0 Å². The molecular formula is C25H36FN. The van der Waals surface area contributed by atoms with Gasteiger partial charge in [0.05, 0.1) is 0 Å². The maximum absolute atomic E-state index is 13.7. The van der Waals surface area contributed by atoms with Crippen molar-refractivity contribution < 1.29 is 4.39 Å². The summed E-state index contributed by atoms with van der Waals surface area (Å²) in [6, 6.07) is 9.26. The van der Waals surface area contributed by atoms with E-state index in [1.54, 1.807) is 0 Å². The van der Waals surface area contributed by atoms with Gasteiger partial charge >= 0.3 is 0 Å². The van der Waals surface area contributed by atoms with E-state index in [2.05, 4.69) is 42.2 Å². The first-order chi connectivity index (χ1) is 13.2. The average Bonchev–Trinajstić information content (AvgIpc) is 3.17. The third kappa shape index (κ3) is 6.92. The molecule has 1 heterocycles. The Morgan fingerprint density at radius 2 is 1.67 bits per heavy atom. The Hall–Kier alpha value is -1.41. The quantitative estimate of drug-likeness (QED) is 0.418. The van der Waals surface area contributed by atoms with Gasteiger partial charge in [-0.3, -0.25) is 0 Å². The Morgan fingerprint density at radius 3 is 2.41 bits per heavy atom. The van der Waals surface area contributed by atoms with Crippen LogP contribution in [0.15, 0.2) is 47.8 Å². The molecule has 1 nitrogen and oxygen atoms in total. The fourth-order valence-electron chi connectivity index (χ4n) is 4.44. The average molecular weight is 370 g/mol. The maximum atomic E-state index is 13.7. The second kappa shape index (κ2) is 10.8. The normalized spacial score (nSPS) is 19.0. The minimum atomic E-state index is 0.118. The van der Waals surface area contributed by atoms with Crippen LogP contribution in [-0.4, -0.2) is 24.5 Å². The molecule has 1 aromatic rings. The summed E-state index contributed by atoms with van der Waals surface area (Å²) in [7, 11) is 0. The second-order valence-electron chi connectivity index (χ2n) is 8.57. The van der Waals surface area contributed by atoms with Crippen molar-refractivity contribution in [3.8, 4) is 0 Å². The predicted molar refractivity (Wildman–Crippen MR) is 114 cm³/mol. The lowest BCUT2D eigenvalue weighted by Gasteiger charge is -2.20. The highest BCUT2D eigenvalue weighted by atomic mass is 19.1. The molecule has 1 aliphatic heterocycles. The van der Waals surface area contributed by atoms with Crippen molar-refractivity contribution in [1.29, 1.82) is 0 Å². The monoisotopic (exact) mass is 369 g/mol. The van der Waals surface area contributed by atoms with Crippen molar-refractivity contribution in [2.45, 2.75) is 71.1 Å². The fourth-order valence-corrected chi connectivity index (χ4v) is 4.44. The Labute approximate surface area is 165 Å². The molecule has 0 spiro atoms. The molecule has 0 amide bonds. The second-order valence-corrected chi connectivity index (χ2v) is 8.57. The number of halogens is 1. The van der Waals surface area contributed by atoms with Crippen LogP contribution in [0, 0.1) is 5.92 Å². The van der Waals surface area contributed by atoms with Gasteiger partial charge in [-0.05, 0) is 87.1 Å². The smallest absolute Gasteiger partial charge is 0.103 e. The van der Waals surface area contributed by atoms with Crippen molar-refractivity contribution in [3.05, 3.63) is 58.9 Å². The van der Waals surface area contributed by atoms with E-state index in [1.807, 2.05) is 6.08 Å². The molecule has 1 aromatic carbocycles. The number of rotatable bonds is 10. The summed E-state index contributed by atoms with van der Waals surface area (Å²) in [6.07, 6.45) is 15.0. The first kappa shape index (κ1) is 20.3. The van der Waals surface area contributed by atoms with E-state index in [0.29, 0.717) is 6.42 Å². The number of hydrogen-bond donors (Lipinski definition) is 0. The van der Waals surface area contributed by atoms with Crippen LogP contribution in [0.4, 0.5) is 4.39 Å². The molecule has 1 aliphatic carbocycles. The molecular weight excluding hydrogens is 333 g/mol. The third-order valence-electron chi connectivity index (χ3n) is 5.99. The van der Waals surface area contributed by atoms with E-state index >= 15 is 0 Å². The molecule has 27 heavy (non-hydrogen) atoms. The highest BCUT2D eigenvalue weighted by Gasteiger charge is 2.14. The molecule has 0 N–H and O–H groups in total. The fraction of sp³-hybridized carbons (Fsp3) is 0.600. The summed E-state index contributed by atoms with van der Waals surface area (Å²) in [4.78, 5) is 2.62. The zero-order valence-electron chi connectivity index (χ0n) is 17.1. The Balaban J connectivity index is 1.32. The van der Waals surface area contributed by atoms with Gasteiger partial charge < -0.3 is 4.90 Å². The minimum absolute atomic E-state index is 0.118. The highest BCUT2D eigenvalue weighted by Crippen LogP contribution is 2.24. The summed E-state index contributed by atoms with van der Waals surface area (Å²) in [6.45, 7) is 6.22. The van der Waals surface area contributed by atoms with E-state index in [-0.39, 0.29) is 5.83 Å². The molecule has 0 aromatic heterocycles. The summed E-state index contributed by atoms with van der Waals surface area (Å²) < 4.78 is 13.7. The van der Waals surface area contributed by atoms with Crippen LogP contribution in [0.1, 0.15) is 69.4 Å². The van der Waals surface area contributed by atoms with E-state index in [0.717, 1.165) is 37.2 Å². The zero-order valence-corrected chi connectivity index (χ0v) is 17.1. The van der Waals surface area contributed by atoms with Crippen LogP contribution in [0.3, 0.4) is 0 Å². The van der Waals surface area contributed by atoms with Crippen molar-refractivity contribution in [3.63, 3.8) is 0 Å². The van der Waals surface area contributed by atoms with Crippen LogP contribution in [-0.2, 0) is 12.8 Å². The molecule has 0 radical (unpaired) electrons. The molecule has 2 aliphatic rings. The van der Waals surface area contributed by atoms with Gasteiger partial charge in [0.15, 0.2) is 0 Å². The molecule has 1 fully saturated rings. The Morgan fingerprint density at radius 1 is 0.963 bits per heavy atom. The van der Waals surface area contributed by atoms with Crippen molar-refractivity contribution >= 4 is 0 Å². The molecule has 0 saturated carbocycles. The first-order valence-corrected chi connectivity index (χ1v) is 11.0. The maximum Gasteiger partial charge on any atom is 0.103 e. The number of unbranched alkanes of at least 4 members (excludes halogenated alkanes) is 2. The largest absolute Gasteiger partial charge is 0.303 e. The van der Waals surface area contributed by atoms with Crippen LogP contribution < -0.4 is 0 Å². The van der Waals surface area contributed by atoms with Gasteiger partial charge in [0.2, 0.25) is 0 Å². The van der Waals surface area contributed by atoms with E-state index in [1.165, 1.54) is 62.9 Å². The van der Waals surface area contributed by atoms with Gasteiger partial charge in [0, 0.05) is 13.0 Å². The van der Waals surface area contributed by atoms with Crippen LogP contribution in [0.25, 0.3) is 0 Å². The highest BCUT2D eigenvalue weighted by molar-refractivity contribution is 5.26. The van der Waals surface area contributed by atoms with Gasteiger partial charge in [-0.15, -0.1) is 0 Å². The topological polar surface area (TPSA) is 3.24 Å². The zero-order chi connectivity index (χ0) is 18.9. The standard InChI is InChI=1S/C25H36FN/c1-21(20-27-17-7-8-18-27)19-23-15-13-22(14-16-23)9-3-2-4-10-24-11-5-6-12-25(24)26/h5,11,13-16,21H,2-4,6-10,12,17-20H2,1H3. The van der Waals surface area contributed by atoms with E-state index in [4.69, 9.17) is 0 Å². The van der Waals surface area contributed by atoms with Gasteiger partial charge in [-0.1, -0.05) is 49.8 Å². The lowest BCUT2D eigenvalue weighted by Crippen LogP contribution is -2.26. The predicted octanol–water partition coefficient (Wildman–Crippen LogP) is 6.64. The summed E-state index contributed by atoms with van der Waals surface area (Å²) in [5.74, 6) is 0.851. The number of aryl methyl sites for hydroxylation is 1. The minimum Gasteiger partial charge on any atom is -0.303 e. The van der Waals surface area contributed by atoms with E-state index < -0.39 is 0 Å². The molecule has 3 rings (SSSR count). The third-order valence-corrected chi connectivity index (χ3v) is 5.99. The summed E-state index contributed by atoms with van der Waals surface area (Å²) in [5, 5.41) is 0. The molecule has 1 unspecified atom stereocenters. The van der Waals surface area contributed by atoms with Crippen LogP contribution in [0.5, 0.6) is 0 Å². The Bertz CT molecular complexity index is 622. The van der Waals surface area contributed by atoms with Gasteiger partial charge in [-0.25, -0.2) is 4.39 Å². The number of likely N-dealkylation sites (tertiary alicyclic amines) is 1. The first-order valence-electron chi connectivity index (χ1n) is 11.0. The molecule has 0 bridgehead atoms. The summed E-state index contributed by atoms with van der Waals surface area (Å²) in [5.41, 5.74) is 3.85. The number of nitrogens with zero attached hydrogens (tertiary/aromatic N) is 1. The lowest BCUT2D eigenvalue weighted by molar-refractivity contribution is 0.287. The molecule has 1 atom stereocenters. The molecule has 148 valence electrons.